The number of benzene rings is 2. The molecule has 1 unspecified atom stereocenters. The lowest BCUT2D eigenvalue weighted by atomic mass is 9.98. The number of hydrogen-bond acceptors (Lipinski definition) is 4. The van der Waals surface area contributed by atoms with Crippen LogP contribution in [0, 0.1) is 0 Å². The molecule has 2 aromatic rings. The number of ether oxygens (including phenoxy) is 1. The number of methoxy groups -OCH3 is 1. The first kappa shape index (κ1) is 18.7. The minimum atomic E-state index is -3.55. The van der Waals surface area contributed by atoms with Crippen molar-refractivity contribution < 1.29 is 13.2 Å². The molecule has 2 aliphatic heterocycles. The quantitative estimate of drug-likeness (QED) is 0.782. The van der Waals surface area contributed by atoms with E-state index in [2.05, 4.69) is 29.2 Å². The minimum Gasteiger partial charge on any atom is -0.495 e. The first-order chi connectivity index (χ1) is 13.0. The van der Waals surface area contributed by atoms with E-state index in [1.54, 1.807) is 16.4 Å². The molecule has 5 nitrogen and oxygen atoms in total. The third kappa shape index (κ3) is 3.59. The summed E-state index contributed by atoms with van der Waals surface area (Å²) in [6.07, 6.45) is 1.87. The van der Waals surface area contributed by atoms with E-state index in [1.165, 1.54) is 24.3 Å². The molecule has 0 spiro atoms. The molecular weight excluding hydrogens is 384 g/mol. The SMILES string of the molecule is COc1ccc(S(=O)(=O)N2CCC(N3CCc4ccccc4C3)C2)cc1Cl. The fraction of sp³-hybridized carbons (Fsp3) is 0.400. The van der Waals surface area contributed by atoms with Crippen molar-refractivity contribution in [3.8, 4) is 5.75 Å². The molecule has 0 N–H and O–H groups in total. The maximum atomic E-state index is 13.0. The van der Waals surface area contributed by atoms with E-state index in [-0.39, 0.29) is 10.9 Å². The van der Waals surface area contributed by atoms with Crippen molar-refractivity contribution in [1.29, 1.82) is 0 Å². The van der Waals surface area contributed by atoms with E-state index in [1.807, 2.05) is 0 Å². The van der Waals surface area contributed by atoms with Gasteiger partial charge in [0.05, 0.1) is 17.0 Å². The summed E-state index contributed by atoms with van der Waals surface area (Å²) in [4.78, 5) is 2.64. The van der Waals surface area contributed by atoms with Gasteiger partial charge in [-0.3, -0.25) is 4.90 Å². The molecule has 0 aromatic heterocycles. The molecule has 0 bridgehead atoms. The summed E-state index contributed by atoms with van der Waals surface area (Å²) >= 11 is 6.12. The van der Waals surface area contributed by atoms with Crippen LogP contribution >= 0.6 is 11.6 Å². The first-order valence-corrected chi connectivity index (χ1v) is 11.0. The van der Waals surface area contributed by atoms with Gasteiger partial charge in [0, 0.05) is 32.2 Å². The Morgan fingerprint density at radius 3 is 2.63 bits per heavy atom. The second-order valence-electron chi connectivity index (χ2n) is 7.09. The van der Waals surface area contributed by atoms with Crippen LogP contribution in [0.2, 0.25) is 5.02 Å². The normalized spacial score (nSPS) is 21.2. The lowest BCUT2D eigenvalue weighted by Gasteiger charge is -2.33. The average molecular weight is 407 g/mol. The van der Waals surface area contributed by atoms with Crippen LogP contribution in [0.15, 0.2) is 47.4 Å². The number of hydrogen-bond donors (Lipinski definition) is 0. The Morgan fingerprint density at radius 1 is 1.11 bits per heavy atom. The van der Waals surface area contributed by atoms with Crippen molar-refractivity contribution in [1.82, 2.24) is 9.21 Å². The fourth-order valence-electron chi connectivity index (χ4n) is 4.01. The molecule has 4 rings (SSSR count). The van der Waals surface area contributed by atoms with Gasteiger partial charge in [0.2, 0.25) is 10.0 Å². The van der Waals surface area contributed by atoms with Gasteiger partial charge in [0.1, 0.15) is 5.75 Å². The topological polar surface area (TPSA) is 49.9 Å². The van der Waals surface area contributed by atoms with Crippen LogP contribution in [0.1, 0.15) is 17.5 Å². The van der Waals surface area contributed by atoms with Crippen LogP contribution in [0.3, 0.4) is 0 Å². The second-order valence-corrected chi connectivity index (χ2v) is 9.44. The van der Waals surface area contributed by atoms with Crippen molar-refractivity contribution in [2.45, 2.75) is 30.3 Å². The predicted molar refractivity (Wildman–Crippen MR) is 106 cm³/mol. The van der Waals surface area contributed by atoms with Crippen LogP contribution in [-0.4, -0.2) is 50.4 Å². The highest BCUT2D eigenvalue weighted by molar-refractivity contribution is 7.89. The number of sulfonamides is 1. The maximum absolute atomic E-state index is 13.0. The molecule has 0 amide bonds. The maximum Gasteiger partial charge on any atom is 0.243 e. The summed E-state index contributed by atoms with van der Waals surface area (Å²) in [5, 5.41) is 0.307. The predicted octanol–water partition coefficient (Wildman–Crippen LogP) is 3.17. The monoisotopic (exact) mass is 406 g/mol. The molecule has 0 aliphatic carbocycles. The van der Waals surface area contributed by atoms with Crippen molar-refractivity contribution in [2.75, 3.05) is 26.7 Å². The molecule has 1 saturated heterocycles. The highest BCUT2D eigenvalue weighted by Gasteiger charge is 2.36. The second kappa shape index (κ2) is 7.43. The van der Waals surface area contributed by atoms with Crippen molar-refractivity contribution in [3.05, 3.63) is 58.6 Å². The third-order valence-electron chi connectivity index (χ3n) is 5.56. The molecule has 2 aromatic carbocycles. The van der Waals surface area contributed by atoms with Gasteiger partial charge < -0.3 is 4.74 Å². The van der Waals surface area contributed by atoms with Gasteiger partial charge in [0.25, 0.3) is 0 Å². The molecule has 2 aliphatic rings. The first-order valence-electron chi connectivity index (χ1n) is 9.13. The molecule has 7 heteroatoms. The highest BCUT2D eigenvalue weighted by atomic mass is 35.5. The smallest absolute Gasteiger partial charge is 0.243 e. The Labute approximate surface area is 165 Å². The van der Waals surface area contributed by atoms with E-state index in [4.69, 9.17) is 16.3 Å². The number of nitrogens with zero attached hydrogens (tertiary/aromatic N) is 2. The Morgan fingerprint density at radius 2 is 1.89 bits per heavy atom. The van der Waals surface area contributed by atoms with E-state index in [0.29, 0.717) is 23.9 Å². The van der Waals surface area contributed by atoms with Gasteiger partial charge in [-0.15, -0.1) is 0 Å². The summed E-state index contributed by atoms with van der Waals surface area (Å²) in [5.74, 6) is 0.474. The molecule has 0 radical (unpaired) electrons. The van der Waals surface area contributed by atoms with E-state index >= 15 is 0 Å². The molecular formula is C20H23ClN2O3S. The lowest BCUT2D eigenvalue weighted by molar-refractivity contribution is 0.185. The van der Waals surface area contributed by atoms with Crippen LogP contribution < -0.4 is 4.74 Å². The number of halogens is 1. The van der Waals surface area contributed by atoms with Crippen LogP contribution in [0.4, 0.5) is 0 Å². The largest absolute Gasteiger partial charge is 0.495 e. The van der Waals surface area contributed by atoms with Gasteiger partial charge in [-0.25, -0.2) is 8.42 Å². The Balaban J connectivity index is 1.48. The summed E-state index contributed by atoms with van der Waals surface area (Å²) in [7, 11) is -2.04. The molecule has 0 saturated carbocycles. The molecule has 144 valence electrons. The van der Waals surface area contributed by atoms with Crippen LogP contribution in [0.25, 0.3) is 0 Å². The van der Waals surface area contributed by atoms with E-state index in [0.717, 1.165) is 25.9 Å². The zero-order chi connectivity index (χ0) is 19.0. The van der Waals surface area contributed by atoms with Gasteiger partial charge in [0.15, 0.2) is 0 Å². The minimum absolute atomic E-state index is 0.220. The van der Waals surface area contributed by atoms with Crippen LogP contribution in [0.5, 0.6) is 5.75 Å². The molecule has 2 heterocycles. The van der Waals surface area contributed by atoms with Crippen molar-refractivity contribution in [3.63, 3.8) is 0 Å². The van der Waals surface area contributed by atoms with Crippen LogP contribution in [-0.2, 0) is 23.0 Å². The lowest BCUT2D eigenvalue weighted by Crippen LogP contribution is -2.41. The highest BCUT2D eigenvalue weighted by Crippen LogP contribution is 2.31. The van der Waals surface area contributed by atoms with Gasteiger partial charge in [-0.1, -0.05) is 35.9 Å². The summed E-state index contributed by atoms with van der Waals surface area (Å²) in [5.41, 5.74) is 2.76. The Bertz CT molecular complexity index is 948. The fourth-order valence-corrected chi connectivity index (χ4v) is 5.85. The van der Waals surface area contributed by atoms with Gasteiger partial charge in [-0.05, 0) is 42.2 Å². The Kier molecular flexibility index (Phi) is 5.16. The molecule has 1 atom stereocenters. The number of rotatable bonds is 4. The standard InChI is InChI=1S/C20H23ClN2O3S/c1-26-20-7-6-18(12-19(20)21)27(24,25)23-11-9-17(14-23)22-10-8-15-4-2-3-5-16(15)13-22/h2-7,12,17H,8-11,13-14H2,1H3. The average Bonchev–Trinajstić information content (AvgIpc) is 3.18. The molecule has 1 fully saturated rings. The Hall–Kier alpha value is -1.60. The zero-order valence-corrected chi connectivity index (χ0v) is 16.8. The van der Waals surface area contributed by atoms with Gasteiger partial charge >= 0.3 is 0 Å². The molecule has 27 heavy (non-hydrogen) atoms. The van der Waals surface area contributed by atoms with E-state index in [9.17, 15) is 8.42 Å². The summed E-state index contributed by atoms with van der Waals surface area (Å²) < 4.78 is 32.7. The summed E-state index contributed by atoms with van der Waals surface area (Å²) in [6, 6.07) is 13.4. The zero-order valence-electron chi connectivity index (χ0n) is 15.3. The number of fused-ring (bicyclic) bond motifs is 1. The van der Waals surface area contributed by atoms with Crippen molar-refractivity contribution >= 4 is 21.6 Å². The van der Waals surface area contributed by atoms with Crippen molar-refractivity contribution in [2.24, 2.45) is 0 Å². The van der Waals surface area contributed by atoms with Gasteiger partial charge in [-0.2, -0.15) is 4.31 Å². The van der Waals surface area contributed by atoms with E-state index < -0.39 is 10.0 Å². The third-order valence-corrected chi connectivity index (χ3v) is 7.72. The summed E-state index contributed by atoms with van der Waals surface area (Å²) in [6.45, 7) is 2.93.